The maximum absolute atomic E-state index is 14.8. The molecule has 1 aliphatic heterocycles. The fourth-order valence-corrected chi connectivity index (χ4v) is 4.20. The van der Waals surface area contributed by atoms with Crippen LogP contribution in [0.5, 0.6) is 5.75 Å². The highest BCUT2D eigenvalue weighted by molar-refractivity contribution is 5.65. The van der Waals surface area contributed by atoms with Crippen molar-refractivity contribution in [1.29, 1.82) is 0 Å². The van der Waals surface area contributed by atoms with Crippen molar-refractivity contribution >= 4 is 0 Å². The van der Waals surface area contributed by atoms with E-state index in [0.29, 0.717) is 30.3 Å². The molecule has 1 N–H and O–H groups in total. The third-order valence-electron chi connectivity index (χ3n) is 6.21. The molecule has 4 nitrogen and oxygen atoms in total. The van der Waals surface area contributed by atoms with Crippen LogP contribution < -0.4 is 4.74 Å². The summed E-state index contributed by atoms with van der Waals surface area (Å²) in [5.41, 5.74) is -2.63. The maximum Gasteiger partial charge on any atom is 0.429 e. The van der Waals surface area contributed by atoms with Gasteiger partial charge < -0.3 is 19.3 Å². The van der Waals surface area contributed by atoms with Crippen LogP contribution in [0.25, 0.3) is 11.1 Å². The van der Waals surface area contributed by atoms with E-state index in [4.69, 9.17) is 9.47 Å². The number of aliphatic hydroxyl groups is 1. The van der Waals surface area contributed by atoms with Crippen molar-refractivity contribution in [3.8, 4) is 16.9 Å². The molecular formula is C27H23F7O4. The third-order valence-corrected chi connectivity index (χ3v) is 6.21. The number of ether oxygens (including phenoxy) is 3. The molecule has 0 aliphatic carbocycles. The van der Waals surface area contributed by atoms with Gasteiger partial charge in [-0.15, -0.1) is 0 Å². The van der Waals surface area contributed by atoms with E-state index in [2.05, 4.69) is 4.74 Å². The van der Waals surface area contributed by atoms with Gasteiger partial charge in [0.15, 0.2) is 17.5 Å². The molecule has 0 aromatic heterocycles. The zero-order chi connectivity index (χ0) is 27.9. The molecule has 3 aromatic rings. The summed E-state index contributed by atoms with van der Waals surface area (Å²) in [5, 5.41) is 10.7. The fourth-order valence-electron chi connectivity index (χ4n) is 4.20. The van der Waals surface area contributed by atoms with Gasteiger partial charge >= 0.3 is 12.1 Å². The minimum atomic E-state index is -4.29. The molecule has 1 heterocycles. The lowest BCUT2D eigenvalue weighted by Gasteiger charge is -2.41. The minimum absolute atomic E-state index is 0.0960. The average Bonchev–Trinajstić information content (AvgIpc) is 2.84. The van der Waals surface area contributed by atoms with Gasteiger partial charge in [0, 0.05) is 22.6 Å². The van der Waals surface area contributed by atoms with Gasteiger partial charge in [-0.3, -0.25) is 0 Å². The second-order valence-electron chi connectivity index (χ2n) is 9.43. The van der Waals surface area contributed by atoms with Gasteiger partial charge in [-0.1, -0.05) is 26.3 Å². The smallest absolute Gasteiger partial charge is 0.429 e. The van der Waals surface area contributed by atoms with Crippen molar-refractivity contribution in [2.45, 2.75) is 38.8 Å². The van der Waals surface area contributed by atoms with E-state index >= 15 is 0 Å². The maximum atomic E-state index is 14.8. The number of halogens is 7. The van der Waals surface area contributed by atoms with Crippen molar-refractivity contribution in [2.75, 3.05) is 13.2 Å². The van der Waals surface area contributed by atoms with E-state index in [0.717, 1.165) is 31.0 Å². The van der Waals surface area contributed by atoms with Crippen LogP contribution in [0.4, 0.5) is 30.7 Å². The highest BCUT2D eigenvalue weighted by Crippen LogP contribution is 2.40. The molecule has 4 rings (SSSR count). The van der Waals surface area contributed by atoms with Crippen LogP contribution in [-0.4, -0.2) is 18.3 Å². The summed E-state index contributed by atoms with van der Waals surface area (Å²) in [4.78, 5) is 0. The topological polar surface area (TPSA) is 47.9 Å². The first-order valence-corrected chi connectivity index (χ1v) is 11.6. The van der Waals surface area contributed by atoms with E-state index in [-0.39, 0.29) is 29.8 Å². The molecule has 0 unspecified atom stereocenters. The van der Waals surface area contributed by atoms with Gasteiger partial charge in [-0.2, -0.15) is 8.78 Å². The summed E-state index contributed by atoms with van der Waals surface area (Å²) in [5.74, 6) is -10.6. The standard InChI is InChI=1S/C27H23F7O4/c1-3-8-25(2)13-36-27(35,37-14-25)16-4-7-19(21(29)11-16)26(33,34)38-17-5-6-18(20(28)12-17)15-9-22(30)24(32)23(31)10-15/h4-7,9-12,35H,3,8,13-14H2,1-2H3. The molecule has 0 saturated carbocycles. The van der Waals surface area contributed by atoms with E-state index in [1.54, 1.807) is 0 Å². The summed E-state index contributed by atoms with van der Waals surface area (Å²) in [6.45, 7) is 4.06. The molecule has 0 bridgehead atoms. The van der Waals surface area contributed by atoms with Gasteiger partial charge in [-0.05, 0) is 48.4 Å². The predicted molar refractivity (Wildman–Crippen MR) is 121 cm³/mol. The number of hydrogen-bond acceptors (Lipinski definition) is 4. The minimum Gasteiger partial charge on any atom is -0.429 e. The van der Waals surface area contributed by atoms with Crippen LogP contribution in [0.1, 0.15) is 37.8 Å². The second-order valence-corrected chi connectivity index (χ2v) is 9.43. The Kier molecular flexibility index (Phi) is 7.48. The van der Waals surface area contributed by atoms with Crippen LogP contribution >= 0.6 is 0 Å². The van der Waals surface area contributed by atoms with Crippen LogP contribution in [0.2, 0.25) is 0 Å². The number of hydrogen-bond donors (Lipinski definition) is 1. The van der Waals surface area contributed by atoms with E-state index < -0.39 is 58.0 Å². The number of benzene rings is 3. The molecule has 3 aromatic carbocycles. The van der Waals surface area contributed by atoms with E-state index in [9.17, 15) is 35.8 Å². The Balaban J connectivity index is 1.53. The van der Waals surface area contributed by atoms with Crippen molar-refractivity contribution in [1.82, 2.24) is 0 Å². The molecule has 1 fully saturated rings. The van der Waals surface area contributed by atoms with Crippen molar-refractivity contribution in [3.05, 3.63) is 88.7 Å². The molecule has 0 radical (unpaired) electrons. The SMILES string of the molecule is CCCC1(C)COC(O)(c2ccc(C(F)(F)Oc3ccc(-c4cc(F)c(F)c(F)c4)c(F)c3)c(F)c2)OC1. The van der Waals surface area contributed by atoms with Crippen molar-refractivity contribution < 1.29 is 50.1 Å². The Bertz CT molecular complexity index is 1310. The highest BCUT2D eigenvalue weighted by atomic mass is 19.3. The monoisotopic (exact) mass is 544 g/mol. The zero-order valence-corrected chi connectivity index (χ0v) is 20.3. The van der Waals surface area contributed by atoms with Crippen molar-refractivity contribution in [2.24, 2.45) is 5.41 Å². The van der Waals surface area contributed by atoms with Crippen LogP contribution in [0.3, 0.4) is 0 Å². The molecule has 1 saturated heterocycles. The van der Waals surface area contributed by atoms with E-state index in [1.807, 2.05) is 13.8 Å². The first-order valence-electron chi connectivity index (χ1n) is 11.6. The number of alkyl halides is 2. The quantitative estimate of drug-likeness (QED) is 0.254. The van der Waals surface area contributed by atoms with Crippen LogP contribution in [0, 0.1) is 34.5 Å². The van der Waals surface area contributed by atoms with Gasteiger partial charge in [0.2, 0.25) is 0 Å². The van der Waals surface area contributed by atoms with Crippen LogP contribution in [-0.2, 0) is 21.6 Å². The Morgan fingerprint density at radius 1 is 0.868 bits per heavy atom. The summed E-state index contributed by atoms with van der Waals surface area (Å²) in [6.07, 6.45) is -2.70. The van der Waals surface area contributed by atoms with Crippen molar-refractivity contribution in [3.63, 3.8) is 0 Å². The van der Waals surface area contributed by atoms with Gasteiger partial charge in [0.1, 0.15) is 17.4 Å². The van der Waals surface area contributed by atoms with E-state index in [1.165, 1.54) is 0 Å². The molecule has 1 aliphatic rings. The first kappa shape index (κ1) is 27.9. The Hall–Kier alpha value is -3.15. The first-order chi connectivity index (χ1) is 17.8. The second kappa shape index (κ2) is 10.2. The lowest BCUT2D eigenvalue weighted by Crippen LogP contribution is -2.46. The zero-order valence-electron chi connectivity index (χ0n) is 20.3. The largest absolute Gasteiger partial charge is 0.429 e. The molecule has 0 spiro atoms. The lowest BCUT2D eigenvalue weighted by atomic mass is 9.86. The van der Waals surface area contributed by atoms with Gasteiger partial charge in [0.25, 0.3) is 0 Å². The summed E-state index contributed by atoms with van der Waals surface area (Å²) in [7, 11) is 0. The molecule has 0 amide bonds. The predicted octanol–water partition coefficient (Wildman–Crippen LogP) is 7.13. The average molecular weight is 544 g/mol. The Morgan fingerprint density at radius 3 is 2.05 bits per heavy atom. The molecule has 204 valence electrons. The summed E-state index contributed by atoms with van der Waals surface area (Å²) < 4.78 is 114. The Labute approximate surface area is 213 Å². The van der Waals surface area contributed by atoms with Crippen LogP contribution in [0.15, 0.2) is 48.5 Å². The summed E-state index contributed by atoms with van der Waals surface area (Å²) >= 11 is 0. The normalized spacial score (nSPS) is 21.9. The molecular weight excluding hydrogens is 521 g/mol. The Morgan fingerprint density at radius 2 is 1.50 bits per heavy atom. The molecule has 38 heavy (non-hydrogen) atoms. The van der Waals surface area contributed by atoms with Gasteiger partial charge in [-0.25, -0.2) is 22.0 Å². The van der Waals surface area contributed by atoms with Gasteiger partial charge in [0.05, 0.1) is 18.8 Å². The lowest BCUT2D eigenvalue weighted by molar-refractivity contribution is -0.414. The molecule has 11 heteroatoms. The molecule has 0 atom stereocenters. The number of rotatable bonds is 7. The summed E-state index contributed by atoms with van der Waals surface area (Å²) in [6, 6.07) is 5.64. The third kappa shape index (κ3) is 5.50. The fraction of sp³-hybridized carbons (Fsp3) is 0.333. The highest BCUT2D eigenvalue weighted by Gasteiger charge is 2.44.